The van der Waals surface area contributed by atoms with Crippen LogP contribution >= 0.6 is 0 Å². The fourth-order valence-corrected chi connectivity index (χ4v) is 8.34. The normalized spacial score (nSPS) is 22.0. The zero-order chi connectivity index (χ0) is 30.9. The monoisotopic (exact) mass is 606 g/mol. The lowest BCUT2D eigenvalue weighted by Crippen LogP contribution is -2.53. The third kappa shape index (κ3) is 6.39. The maximum Gasteiger partial charge on any atom is 0.419 e. The van der Waals surface area contributed by atoms with Crippen molar-refractivity contribution >= 4 is 33.2 Å². The zero-order valence-electron chi connectivity index (χ0n) is 26.7. The van der Waals surface area contributed by atoms with E-state index < -0.39 is 5.60 Å². The molecule has 2 aromatic carbocycles. The van der Waals surface area contributed by atoms with Crippen LogP contribution in [0.1, 0.15) is 73.5 Å². The van der Waals surface area contributed by atoms with Crippen molar-refractivity contribution in [2.75, 3.05) is 34.0 Å². The van der Waals surface area contributed by atoms with Gasteiger partial charge in [-0.1, -0.05) is 12.1 Å². The second-order valence-electron chi connectivity index (χ2n) is 13.3. The summed E-state index contributed by atoms with van der Waals surface area (Å²) in [6.07, 6.45) is 5.86. The van der Waals surface area contributed by atoms with Gasteiger partial charge >= 0.3 is 12.1 Å². The number of carbonyl (C=O) groups excluding carboxylic acids is 2. The number of hydrogen-bond acceptors (Lipinski definition) is 7. The van der Waals surface area contributed by atoms with Crippen LogP contribution in [0, 0.1) is 18.8 Å². The first-order valence-electron chi connectivity index (χ1n) is 15.4. The number of esters is 1. The Morgan fingerprint density at radius 3 is 2.37 bits per heavy atom. The van der Waals surface area contributed by atoms with Gasteiger partial charge in [0.15, 0.2) is 0 Å². The molecule has 2 atom stereocenters. The summed E-state index contributed by atoms with van der Waals surface area (Å²) in [5.41, 5.74) is 4.08. The Labute approximate surface area is 258 Å². The van der Waals surface area contributed by atoms with Gasteiger partial charge in [0.2, 0.25) is 0 Å². The van der Waals surface area contributed by atoms with Crippen molar-refractivity contribution in [2.45, 2.75) is 70.7 Å². The van der Waals surface area contributed by atoms with Crippen molar-refractivity contribution in [1.29, 1.82) is 0 Å². The van der Waals surface area contributed by atoms with Crippen LogP contribution in [0.2, 0.25) is 0 Å². The van der Waals surface area contributed by atoms with Crippen LogP contribution in [0.3, 0.4) is 0 Å². The van der Waals surface area contributed by atoms with E-state index in [1.54, 1.807) is 11.7 Å². The van der Waals surface area contributed by atoms with Crippen molar-refractivity contribution in [3.05, 3.63) is 64.8 Å². The lowest BCUT2D eigenvalue weighted by molar-refractivity contribution is 0.00230. The van der Waals surface area contributed by atoms with Gasteiger partial charge in [-0.25, -0.2) is 9.59 Å². The molecular weight excluding hydrogens is 560 g/mol. The largest absolute Gasteiger partial charge is 0.496 e. The van der Waals surface area contributed by atoms with E-state index >= 15 is 0 Å². The highest BCUT2D eigenvalue weighted by Gasteiger charge is 2.42. The number of ether oxygens (including phenoxy) is 4. The summed E-state index contributed by atoms with van der Waals surface area (Å²) in [7, 11) is 4.03. The molecule has 0 aliphatic carbocycles. The first-order chi connectivity index (χ1) is 20.4. The molecule has 0 bridgehead atoms. The second-order valence-corrected chi connectivity index (χ2v) is 14.9. The van der Waals surface area contributed by atoms with Crippen LogP contribution < -0.4 is 4.74 Å². The molecule has 2 fully saturated rings. The Bertz CT molecular complexity index is 1470. The molecule has 8 nitrogen and oxygen atoms in total. The Balaban J connectivity index is 1.55. The lowest BCUT2D eigenvalue weighted by atomic mass is 9.75. The van der Waals surface area contributed by atoms with Gasteiger partial charge in [-0.15, -0.1) is 0 Å². The number of piperidine rings is 1. The number of nitrogens with zero attached hydrogens (tertiary/aromatic N) is 2. The van der Waals surface area contributed by atoms with Crippen LogP contribution in [0.5, 0.6) is 5.75 Å². The van der Waals surface area contributed by atoms with Gasteiger partial charge in [-0.05, 0) is 107 Å². The zero-order valence-corrected chi connectivity index (χ0v) is 28.7. The number of aryl methyl sites for hydroxylation is 1. The Morgan fingerprint density at radius 2 is 1.74 bits per heavy atom. The molecule has 0 amide bonds. The van der Waals surface area contributed by atoms with Crippen LogP contribution in [0.15, 0.2) is 42.6 Å². The van der Waals surface area contributed by atoms with Gasteiger partial charge in [0.1, 0.15) is 11.4 Å². The second kappa shape index (κ2) is 12.5. The molecule has 1 aromatic heterocycles. The topological polar surface area (TPSA) is 79.2 Å². The molecule has 0 N–H and O–H groups in total. The number of benzene rings is 2. The number of likely N-dealkylation sites (tertiary alicyclic amines) is 1. The van der Waals surface area contributed by atoms with Crippen LogP contribution in [0.4, 0.5) is 4.79 Å². The molecule has 43 heavy (non-hydrogen) atoms. The molecule has 9 heteroatoms. The standard InChI is InChI=1S/C34H46N2O6Si/c1-22-19-29(39-5)28(27-12-16-36(30(22)27)32(38)42-33(2,3)4)21-35-15-11-25(23-13-17-41-18-14-23)20-34(35,43)26-9-7-24(8-10-26)31(37)40-6/h7-10,12,16,19,23,25H,11,13-15,17-18,20-21H2,1-6,43H3/t25-,34+/m1/s1. The summed E-state index contributed by atoms with van der Waals surface area (Å²) in [6.45, 7) is 11.0. The first-order valence-corrected chi connectivity index (χ1v) is 16.4. The van der Waals surface area contributed by atoms with E-state index in [0.717, 1.165) is 83.5 Å². The van der Waals surface area contributed by atoms with E-state index in [2.05, 4.69) is 17.0 Å². The van der Waals surface area contributed by atoms with Crippen molar-refractivity contribution in [3.8, 4) is 5.75 Å². The average Bonchev–Trinajstić information content (AvgIpc) is 3.45. The van der Waals surface area contributed by atoms with Crippen LogP contribution in [-0.4, -0.2) is 71.4 Å². The van der Waals surface area contributed by atoms with E-state index in [-0.39, 0.29) is 17.2 Å². The van der Waals surface area contributed by atoms with Crippen LogP contribution in [0.25, 0.3) is 10.9 Å². The Hall–Kier alpha value is -3.14. The van der Waals surface area contributed by atoms with E-state index in [1.165, 1.54) is 12.7 Å². The number of rotatable bonds is 6. The van der Waals surface area contributed by atoms with E-state index in [4.69, 9.17) is 18.9 Å². The number of aromatic nitrogens is 1. The highest BCUT2D eigenvalue weighted by Crippen LogP contribution is 2.45. The maximum absolute atomic E-state index is 13.2. The summed E-state index contributed by atoms with van der Waals surface area (Å²) >= 11 is 0. The lowest BCUT2D eigenvalue weighted by Gasteiger charge is -2.50. The SMILES string of the molecule is COC(=O)c1ccc([C@@]2([SiH3])C[C@H](C3CCOCC3)CCN2Cc2c(OC)cc(C)c3c2ccn3C(=O)OC(C)(C)C)cc1. The first kappa shape index (κ1) is 31.3. The number of hydrogen-bond donors (Lipinski definition) is 0. The molecule has 0 radical (unpaired) electrons. The molecule has 2 saturated heterocycles. The van der Waals surface area contributed by atoms with E-state index in [1.807, 2.05) is 58.2 Å². The predicted molar refractivity (Wildman–Crippen MR) is 171 cm³/mol. The fourth-order valence-electron chi connectivity index (χ4n) is 7.10. The third-order valence-electron chi connectivity index (χ3n) is 9.38. The number of fused-ring (bicyclic) bond motifs is 1. The predicted octanol–water partition coefficient (Wildman–Crippen LogP) is 5.39. The highest BCUT2D eigenvalue weighted by molar-refractivity contribution is 6.15. The molecule has 3 heterocycles. The van der Waals surface area contributed by atoms with Crippen molar-refractivity contribution in [1.82, 2.24) is 9.47 Å². The quantitative estimate of drug-likeness (QED) is 0.275. The average molecular weight is 607 g/mol. The molecule has 0 unspecified atom stereocenters. The molecule has 0 saturated carbocycles. The van der Waals surface area contributed by atoms with Gasteiger partial charge in [0, 0.05) is 52.3 Å². The number of carbonyl (C=O) groups is 2. The summed E-state index contributed by atoms with van der Waals surface area (Å²) in [5, 5.41) is 0.852. The van der Waals surface area contributed by atoms with Gasteiger partial charge < -0.3 is 18.9 Å². The minimum Gasteiger partial charge on any atom is -0.496 e. The molecule has 5 rings (SSSR count). The Morgan fingerprint density at radius 1 is 1.05 bits per heavy atom. The summed E-state index contributed by atoms with van der Waals surface area (Å²) in [5.74, 6) is 1.78. The summed E-state index contributed by atoms with van der Waals surface area (Å²) in [4.78, 5) is 28.0. The smallest absolute Gasteiger partial charge is 0.419 e. The van der Waals surface area contributed by atoms with Crippen molar-refractivity contribution in [3.63, 3.8) is 0 Å². The molecule has 0 spiro atoms. The van der Waals surface area contributed by atoms with Gasteiger partial charge in [0.25, 0.3) is 0 Å². The maximum atomic E-state index is 13.2. The molecule has 3 aromatic rings. The molecule has 2 aliphatic rings. The molecule has 2 aliphatic heterocycles. The van der Waals surface area contributed by atoms with Gasteiger partial charge in [-0.2, -0.15) is 0 Å². The molecule has 232 valence electrons. The van der Waals surface area contributed by atoms with E-state index in [9.17, 15) is 9.59 Å². The third-order valence-corrected chi connectivity index (χ3v) is 11.0. The molecular formula is C34H46N2O6Si. The van der Waals surface area contributed by atoms with Gasteiger partial charge in [0.05, 0.1) is 25.3 Å². The van der Waals surface area contributed by atoms with Crippen LogP contribution in [-0.2, 0) is 25.9 Å². The highest BCUT2D eigenvalue weighted by atomic mass is 28.1. The van der Waals surface area contributed by atoms with E-state index in [0.29, 0.717) is 23.9 Å². The van der Waals surface area contributed by atoms with Crippen molar-refractivity contribution < 1.29 is 28.5 Å². The van der Waals surface area contributed by atoms with Crippen molar-refractivity contribution in [2.24, 2.45) is 11.8 Å². The fraction of sp³-hybridized carbons (Fsp3) is 0.529. The summed E-state index contributed by atoms with van der Waals surface area (Å²) < 4.78 is 24.0. The summed E-state index contributed by atoms with van der Waals surface area (Å²) in [6, 6.07) is 12.1. The minimum atomic E-state index is -0.596. The Kier molecular flexibility index (Phi) is 9.06. The number of methoxy groups -OCH3 is 2. The van der Waals surface area contributed by atoms with Gasteiger partial charge in [-0.3, -0.25) is 9.47 Å². The minimum absolute atomic E-state index is 0.147.